The van der Waals surface area contributed by atoms with Crippen molar-refractivity contribution in [2.75, 3.05) is 20.0 Å². The lowest BCUT2D eigenvalue weighted by Crippen LogP contribution is -2.31. The molecule has 0 aliphatic carbocycles. The summed E-state index contributed by atoms with van der Waals surface area (Å²) in [5.74, 6) is -0.0428. The third kappa shape index (κ3) is 5.43. The molecule has 9 heteroatoms. The quantitative estimate of drug-likeness (QED) is 0.730. The highest BCUT2D eigenvalue weighted by Gasteiger charge is 2.32. The van der Waals surface area contributed by atoms with E-state index in [-0.39, 0.29) is 28.5 Å². The molecule has 5 nitrogen and oxygen atoms in total. The molecule has 0 bridgehead atoms. The first-order valence-corrected chi connectivity index (χ1v) is 9.78. The molecule has 0 spiro atoms. The van der Waals surface area contributed by atoms with Crippen LogP contribution in [0.25, 0.3) is 11.1 Å². The van der Waals surface area contributed by atoms with Gasteiger partial charge in [0.15, 0.2) is 9.84 Å². The fourth-order valence-corrected chi connectivity index (χ4v) is 2.79. The third-order valence-corrected chi connectivity index (χ3v) is 4.97. The number of benzene rings is 1. The van der Waals surface area contributed by atoms with Crippen LogP contribution in [-0.2, 0) is 20.8 Å². The zero-order valence-corrected chi connectivity index (χ0v) is 16.1. The van der Waals surface area contributed by atoms with Crippen LogP contribution < -0.4 is 4.74 Å². The van der Waals surface area contributed by atoms with E-state index >= 15 is 0 Å². The summed E-state index contributed by atoms with van der Waals surface area (Å²) in [5, 5.41) is 0. The lowest BCUT2D eigenvalue weighted by Gasteiger charge is -2.23. The number of halogens is 3. The number of alkyl halides is 3. The van der Waals surface area contributed by atoms with Crippen molar-refractivity contribution >= 4 is 9.84 Å². The molecule has 1 heterocycles. The molecule has 0 aliphatic rings. The molecule has 1 aromatic carbocycles. The van der Waals surface area contributed by atoms with Crippen molar-refractivity contribution in [1.29, 1.82) is 0 Å². The Balaban J connectivity index is 2.57. The normalized spacial score (nSPS) is 12.9. The van der Waals surface area contributed by atoms with E-state index in [2.05, 4.69) is 4.98 Å². The molecule has 0 N–H and O–H groups in total. The number of nitrogens with zero attached hydrogens (tertiary/aromatic N) is 1. The van der Waals surface area contributed by atoms with E-state index in [1.54, 1.807) is 13.8 Å². The summed E-state index contributed by atoms with van der Waals surface area (Å²) in [4.78, 5) is 3.79. The standard InChI is InChI=1S/C18H20F3NO4S/c1-17(2,25-3)11-26-16-15(9-13(10-22-16)18(19,20)21)12-6-5-7-14(8-12)27(4,23)24/h5-10H,11H2,1-4H3. The molecule has 148 valence electrons. The van der Waals surface area contributed by atoms with Crippen LogP contribution in [0.3, 0.4) is 0 Å². The SMILES string of the molecule is COC(C)(C)COc1ncc(C(F)(F)F)cc1-c1cccc(S(C)(=O)=O)c1. The fourth-order valence-electron chi connectivity index (χ4n) is 2.12. The minimum atomic E-state index is -4.60. The van der Waals surface area contributed by atoms with Crippen LogP contribution in [0.5, 0.6) is 5.88 Å². The van der Waals surface area contributed by atoms with Gasteiger partial charge in [0, 0.05) is 25.1 Å². The summed E-state index contributed by atoms with van der Waals surface area (Å²) in [7, 11) is -2.04. The number of hydrogen-bond donors (Lipinski definition) is 0. The number of ether oxygens (including phenoxy) is 2. The highest BCUT2D eigenvalue weighted by atomic mass is 32.2. The fraction of sp³-hybridized carbons (Fsp3) is 0.389. The molecule has 0 unspecified atom stereocenters. The molecule has 0 saturated carbocycles. The van der Waals surface area contributed by atoms with Gasteiger partial charge in [0.2, 0.25) is 5.88 Å². The zero-order chi connectivity index (χ0) is 20.5. The van der Waals surface area contributed by atoms with E-state index in [1.807, 2.05) is 0 Å². The van der Waals surface area contributed by atoms with Gasteiger partial charge in [0.05, 0.1) is 16.1 Å². The molecular formula is C18H20F3NO4S. The molecule has 0 fully saturated rings. The van der Waals surface area contributed by atoms with Crippen molar-refractivity contribution in [2.45, 2.75) is 30.5 Å². The predicted molar refractivity (Wildman–Crippen MR) is 94.4 cm³/mol. The van der Waals surface area contributed by atoms with Gasteiger partial charge in [-0.3, -0.25) is 0 Å². The van der Waals surface area contributed by atoms with Crippen LogP contribution >= 0.6 is 0 Å². The molecule has 0 saturated heterocycles. The first kappa shape index (κ1) is 21.2. The Morgan fingerprint density at radius 1 is 1.15 bits per heavy atom. The molecule has 1 aromatic heterocycles. The van der Waals surface area contributed by atoms with E-state index in [1.165, 1.54) is 31.4 Å². The largest absolute Gasteiger partial charge is 0.474 e. The number of aromatic nitrogens is 1. The van der Waals surface area contributed by atoms with Crippen LogP contribution in [0.15, 0.2) is 41.4 Å². The maximum Gasteiger partial charge on any atom is 0.417 e. The topological polar surface area (TPSA) is 65.5 Å². The highest BCUT2D eigenvalue weighted by molar-refractivity contribution is 7.90. The number of methoxy groups -OCH3 is 1. The summed E-state index contributed by atoms with van der Waals surface area (Å²) in [5.41, 5.74) is -1.35. The van der Waals surface area contributed by atoms with Gasteiger partial charge in [-0.15, -0.1) is 0 Å². The summed E-state index contributed by atoms with van der Waals surface area (Å²) < 4.78 is 73.7. The molecule has 2 rings (SSSR count). The van der Waals surface area contributed by atoms with E-state index < -0.39 is 27.2 Å². The number of sulfone groups is 1. The molecule has 0 aliphatic heterocycles. The van der Waals surface area contributed by atoms with Crippen molar-refractivity contribution in [2.24, 2.45) is 0 Å². The van der Waals surface area contributed by atoms with Gasteiger partial charge in [0.25, 0.3) is 0 Å². The van der Waals surface area contributed by atoms with Crippen LogP contribution in [-0.4, -0.2) is 39.0 Å². The van der Waals surface area contributed by atoms with Crippen molar-refractivity contribution in [3.8, 4) is 17.0 Å². The average Bonchev–Trinajstić information content (AvgIpc) is 2.58. The molecule has 0 amide bonds. The van der Waals surface area contributed by atoms with Crippen molar-refractivity contribution in [3.63, 3.8) is 0 Å². The average molecular weight is 403 g/mol. The maximum absolute atomic E-state index is 13.1. The first-order chi connectivity index (χ1) is 12.3. The van der Waals surface area contributed by atoms with Gasteiger partial charge in [-0.2, -0.15) is 13.2 Å². The second kappa shape index (κ2) is 7.47. The van der Waals surface area contributed by atoms with E-state index in [9.17, 15) is 21.6 Å². The third-order valence-electron chi connectivity index (χ3n) is 3.86. The summed E-state index contributed by atoms with van der Waals surface area (Å²) in [6.45, 7) is 3.54. The molecule has 2 aromatic rings. The van der Waals surface area contributed by atoms with Crippen molar-refractivity contribution in [1.82, 2.24) is 4.98 Å². The Labute approximate surface area is 156 Å². The van der Waals surface area contributed by atoms with E-state index in [0.717, 1.165) is 12.3 Å². The van der Waals surface area contributed by atoms with Gasteiger partial charge < -0.3 is 9.47 Å². The van der Waals surface area contributed by atoms with Gasteiger partial charge in [-0.05, 0) is 37.6 Å². The molecular weight excluding hydrogens is 383 g/mol. The van der Waals surface area contributed by atoms with Crippen LogP contribution in [0.4, 0.5) is 13.2 Å². The van der Waals surface area contributed by atoms with E-state index in [4.69, 9.17) is 9.47 Å². The smallest absolute Gasteiger partial charge is 0.417 e. The highest BCUT2D eigenvalue weighted by Crippen LogP contribution is 2.36. The monoisotopic (exact) mass is 403 g/mol. The summed E-state index contributed by atoms with van der Waals surface area (Å²) in [6, 6.07) is 6.51. The molecule has 27 heavy (non-hydrogen) atoms. The second-order valence-corrected chi connectivity index (χ2v) is 8.64. The Morgan fingerprint density at radius 3 is 2.37 bits per heavy atom. The van der Waals surface area contributed by atoms with Gasteiger partial charge in [-0.25, -0.2) is 13.4 Å². The Morgan fingerprint density at radius 2 is 1.81 bits per heavy atom. The summed E-state index contributed by atoms with van der Waals surface area (Å²) in [6.07, 6.45) is -2.89. The van der Waals surface area contributed by atoms with Gasteiger partial charge >= 0.3 is 6.18 Å². The van der Waals surface area contributed by atoms with Crippen LogP contribution in [0.1, 0.15) is 19.4 Å². The van der Waals surface area contributed by atoms with Crippen LogP contribution in [0.2, 0.25) is 0 Å². The Kier molecular flexibility index (Phi) is 5.86. The molecule has 0 radical (unpaired) electrons. The van der Waals surface area contributed by atoms with Gasteiger partial charge in [0.1, 0.15) is 6.61 Å². The predicted octanol–water partition coefficient (Wildman–Crippen LogP) is 3.97. The minimum Gasteiger partial charge on any atom is -0.474 e. The van der Waals surface area contributed by atoms with Crippen molar-refractivity contribution in [3.05, 3.63) is 42.1 Å². The number of hydrogen-bond acceptors (Lipinski definition) is 5. The number of rotatable bonds is 6. The minimum absolute atomic E-state index is 0.0133. The lowest BCUT2D eigenvalue weighted by atomic mass is 10.0. The zero-order valence-electron chi connectivity index (χ0n) is 15.3. The van der Waals surface area contributed by atoms with Crippen LogP contribution in [0, 0.1) is 0 Å². The maximum atomic E-state index is 13.1. The first-order valence-electron chi connectivity index (χ1n) is 7.89. The summed E-state index contributed by atoms with van der Waals surface area (Å²) >= 11 is 0. The number of pyridine rings is 1. The van der Waals surface area contributed by atoms with E-state index in [0.29, 0.717) is 6.20 Å². The lowest BCUT2D eigenvalue weighted by molar-refractivity contribution is -0.137. The second-order valence-electron chi connectivity index (χ2n) is 6.63. The Bertz CT molecular complexity index is 924. The van der Waals surface area contributed by atoms with Crippen molar-refractivity contribution < 1.29 is 31.1 Å². The molecule has 0 atom stereocenters. The van der Waals surface area contributed by atoms with Gasteiger partial charge in [-0.1, -0.05) is 12.1 Å². The Hall–Kier alpha value is -2.13.